The molecular formula is C12H20N4O2S. The number of hydrogen-bond donors (Lipinski definition) is 2. The molecule has 1 aliphatic heterocycles. The van der Waals surface area contributed by atoms with Crippen LogP contribution < -0.4 is 16.0 Å². The monoisotopic (exact) mass is 284 g/mol. The van der Waals surface area contributed by atoms with Crippen molar-refractivity contribution in [2.24, 2.45) is 0 Å². The van der Waals surface area contributed by atoms with Crippen molar-refractivity contribution in [3.05, 3.63) is 4.88 Å². The van der Waals surface area contributed by atoms with Gasteiger partial charge in [0.2, 0.25) is 0 Å². The number of rotatable bonds is 5. The van der Waals surface area contributed by atoms with Crippen LogP contribution in [0.5, 0.6) is 0 Å². The first-order valence-corrected chi connectivity index (χ1v) is 7.25. The standard InChI is InChI=1S/C12H20N4O2S/c1-8(18-2)7-14-11(17)9-10(13)15-12(19-9)16-5-3-4-6-16/h8H,3-7,13H2,1-2H3,(H,14,17). The molecule has 2 rings (SSSR count). The summed E-state index contributed by atoms with van der Waals surface area (Å²) in [6, 6.07) is 0. The predicted molar refractivity (Wildman–Crippen MR) is 76.8 cm³/mol. The number of carbonyl (C=O) groups excluding carboxylic acids is 1. The molecule has 1 amide bonds. The van der Waals surface area contributed by atoms with E-state index in [0.29, 0.717) is 17.2 Å². The molecule has 3 N–H and O–H groups in total. The van der Waals surface area contributed by atoms with Crippen LogP contribution in [0, 0.1) is 0 Å². The molecule has 19 heavy (non-hydrogen) atoms. The minimum Gasteiger partial charge on any atom is -0.382 e. The van der Waals surface area contributed by atoms with Crippen molar-refractivity contribution in [2.45, 2.75) is 25.9 Å². The lowest BCUT2D eigenvalue weighted by Crippen LogP contribution is -2.31. The fourth-order valence-corrected chi connectivity index (χ4v) is 2.88. The molecule has 1 aliphatic rings. The van der Waals surface area contributed by atoms with Gasteiger partial charge in [-0.3, -0.25) is 4.79 Å². The first-order valence-electron chi connectivity index (χ1n) is 6.44. The molecule has 0 radical (unpaired) electrons. The highest BCUT2D eigenvalue weighted by molar-refractivity contribution is 7.18. The molecule has 7 heteroatoms. The summed E-state index contributed by atoms with van der Waals surface area (Å²) in [5.74, 6) is 0.138. The van der Waals surface area contributed by atoms with Crippen LogP contribution >= 0.6 is 11.3 Å². The van der Waals surface area contributed by atoms with Crippen LogP contribution in [0.25, 0.3) is 0 Å². The molecule has 0 aromatic carbocycles. The Kier molecular flexibility index (Phi) is 4.60. The number of ether oxygens (including phenoxy) is 1. The van der Waals surface area contributed by atoms with E-state index in [4.69, 9.17) is 10.5 Å². The molecule has 1 unspecified atom stereocenters. The van der Waals surface area contributed by atoms with Crippen molar-refractivity contribution >= 4 is 28.2 Å². The molecule has 0 aliphatic carbocycles. The van der Waals surface area contributed by atoms with E-state index in [-0.39, 0.29) is 12.0 Å². The second-order valence-electron chi connectivity index (χ2n) is 4.66. The van der Waals surface area contributed by atoms with E-state index in [2.05, 4.69) is 15.2 Å². The summed E-state index contributed by atoms with van der Waals surface area (Å²) >= 11 is 1.36. The Morgan fingerprint density at radius 1 is 1.58 bits per heavy atom. The molecule has 2 heterocycles. The van der Waals surface area contributed by atoms with Gasteiger partial charge >= 0.3 is 0 Å². The lowest BCUT2D eigenvalue weighted by atomic mass is 10.4. The summed E-state index contributed by atoms with van der Waals surface area (Å²) in [6.45, 7) is 4.35. The number of hydrogen-bond acceptors (Lipinski definition) is 6. The van der Waals surface area contributed by atoms with Gasteiger partial charge in [0.05, 0.1) is 6.10 Å². The number of carbonyl (C=O) groups is 1. The van der Waals surface area contributed by atoms with Crippen LogP contribution in [0.3, 0.4) is 0 Å². The van der Waals surface area contributed by atoms with Crippen molar-refractivity contribution in [1.82, 2.24) is 10.3 Å². The van der Waals surface area contributed by atoms with Crippen LogP contribution in [-0.4, -0.2) is 43.7 Å². The van der Waals surface area contributed by atoms with E-state index in [1.165, 1.54) is 24.2 Å². The van der Waals surface area contributed by atoms with Gasteiger partial charge in [0.1, 0.15) is 10.7 Å². The second kappa shape index (κ2) is 6.21. The van der Waals surface area contributed by atoms with Gasteiger partial charge in [-0.1, -0.05) is 11.3 Å². The molecule has 0 bridgehead atoms. The molecule has 6 nitrogen and oxygen atoms in total. The van der Waals surface area contributed by atoms with Gasteiger partial charge in [-0.05, 0) is 19.8 Å². The molecule has 1 fully saturated rings. The van der Waals surface area contributed by atoms with Gasteiger partial charge in [-0.2, -0.15) is 0 Å². The second-order valence-corrected chi connectivity index (χ2v) is 5.64. The summed E-state index contributed by atoms with van der Waals surface area (Å²) in [5.41, 5.74) is 5.83. The van der Waals surface area contributed by atoms with Crippen LogP contribution in [0.4, 0.5) is 10.9 Å². The van der Waals surface area contributed by atoms with E-state index in [1.807, 2.05) is 6.92 Å². The quantitative estimate of drug-likeness (QED) is 0.846. The van der Waals surface area contributed by atoms with Crippen LogP contribution in [0.2, 0.25) is 0 Å². The summed E-state index contributed by atoms with van der Waals surface area (Å²) in [5, 5.41) is 3.65. The van der Waals surface area contributed by atoms with Crippen molar-refractivity contribution in [3.63, 3.8) is 0 Å². The smallest absolute Gasteiger partial charge is 0.265 e. The van der Waals surface area contributed by atoms with Gasteiger partial charge in [0.25, 0.3) is 5.91 Å². The van der Waals surface area contributed by atoms with Crippen molar-refractivity contribution in [3.8, 4) is 0 Å². The van der Waals surface area contributed by atoms with E-state index >= 15 is 0 Å². The maximum Gasteiger partial charge on any atom is 0.265 e. The van der Waals surface area contributed by atoms with Crippen LogP contribution in [0.15, 0.2) is 0 Å². The third kappa shape index (κ3) is 3.36. The Labute approximate surface area is 116 Å². The zero-order valence-electron chi connectivity index (χ0n) is 11.3. The fraction of sp³-hybridized carbons (Fsp3) is 0.667. The van der Waals surface area contributed by atoms with E-state index < -0.39 is 0 Å². The number of nitrogen functional groups attached to an aromatic ring is 1. The summed E-state index contributed by atoms with van der Waals surface area (Å²) < 4.78 is 5.09. The average Bonchev–Trinajstić information content (AvgIpc) is 3.04. The lowest BCUT2D eigenvalue weighted by Gasteiger charge is -2.12. The van der Waals surface area contributed by atoms with Gasteiger partial charge < -0.3 is 20.7 Å². The highest BCUT2D eigenvalue weighted by Gasteiger charge is 2.21. The highest BCUT2D eigenvalue weighted by Crippen LogP contribution is 2.30. The zero-order chi connectivity index (χ0) is 13.8. The van der Waals surface area contributed by atoms with E-state index in [0.717, 1.165) is 18.2 Å². The first kappa shape index (κ1) is 14.1. The minimum atomic E-state index is -0.177. The van der Waals surface area contributed by atoms with Gasteiger partial charge in [-0.25, -0.2) is 4.98 Å². The van der Waals surface area contributed by atoms with Gasteiger partial charge in [-0.15, -0.1) is 0 Å². The van der Waals surface area contributed by atoms with Crippen molar-refractivity contribution in [1.29, 1.82) is 0 Å². The largest absolute Gasteiger partial charge is 0.382 e. The Balaban J connectivity index is 2.01. The zero-order valence-corrected chi connectivity index (χ0v) is 12.1. The number of anilines is 2. The van der Waals surface area contributed by atoms with Crippen molar-refractivity contribution < 1.29 is 9.53 Å². The number of aromatic nitrogens is 1. The Bertz CT molecular complexity index is 443. The molecule has 106 valence electrons. The molecule has 0 saturated carbocycles. The number of amides is 1. The average molecular weight is 284 g/mol. The van der Waals surface area contributed by atoms with Crippen molar-refractivity contribution in [2.75, 3.05) is 37.4 Å². The Morgan fingerprint density at radius 3 is 2.89 bits per heavy atom. The number of methoxy groups -OCH3 is 1. The topological polar surface area (TPSA) is 80.5 Å². The summed E-state index contributed by atoms with van der Waals surface area (Å²) in [7, 11) is 1.61. The SMILES string of the molecule is COC(C)CNC(=O)c1sc(N2CCCC2)nc1N. The van der Waals surface area contributed by atoms with Gasteiger partial charge in [0, 0.05) is 26.7 Å². The number of thiazole rings is 1. The summed E-state index contributed by atoms with van der Waals surface area (Å²) in [6.07, 6.45) is 2.33. The maximum atomic E-state index is 12.0. The van der Waals surface area contributed by atoms with E-state index in [9.17, 15) is 4.79 Å². The summed E-state index contributed by atoms with van der Waals surface area (Å²) in [4.78, 5) is 19.0. The predicted octanol–water partition coefficient (Wildman–Crippen LogP) is 1.09. The third-order valence-corrected chi connectivity index (χ3v) is 4.31. The van der Waals surface area contributed by atoms with Gasteiger partial charge in [0.15, 0.2) is 5.13 Å². The molecule has 1 aromatic heterocycles. The highest BCUT2D eigenvalue weighted by atomic mass is 32.1. The maximum absolute atomic E-state index is 12.0. The van der Waals surface area contributed by atoms with Crippen LogP contribution in [-0.2, 0) is 4.74 Å². The number of nitrogens with two attached hydrogens (primary N) is 1. The lowest BCUT2D eigenvalue weighted by molar-refractivity contribution is 0.0874. The number of nitrogens with one attached hydrogen (secondary N) is 1. The van der Waals surface area contributed by atoms with E-state index in [1.54, 1.807) is 7.11 Å². The fourth-order valence-electron chi connectivity index (χ4n) is 1.93. The molecular weight excluding hydrogens is 264 g/mol. The molecule has 1 atom stereocenters. The Morgan fingerprint density at radius 2 is 2.26 bits per heavy atom. The molecule has 0 spiro atoms. The third-order valence-electron chi connectivity index (χ3n) is 3.18. The van der Waals surface area contributed by atoms with Crippen LogP contribution in [0.1, 0.15) is 29.4 Å². The Hall–Kier alpha value is -1.34. The molecule has 1 saturated heterocycles. The molecule has 1 aromatic rings. The minimum absolute atomic E-state index is 0.0175. The number of nitrogens with zero attached hydrogens (tertiary/aromatic N) is 2. The normalized spacial score (nSPS) is 16.6. The first-order chi connectivity index (χ1) is 9.11.